The van der Waals surface area contributed by atoms with Crippen molar-refractivity contribution in [3.05, 3.63) is 41.1 Å². The zero-order valence-electron chi connectivity index (χ0n) is 12.5. The molecule has 104 valence electrons. The first kappa shape index (κ1) is 14.0. The molecule has 0 amide bonds. The number of hydrogen-bond acceptors (Lipinski definition) is 2. The third kappa shape index (κ3) is 2.49. The van der Waals surface area contributed by atoms with Crippen LogP contribution in [0.2, 0.25) is 0 Å². The summed E-state index contributed by atoms with van der Waals surface area (Å²) in [5, 5.41) is 3.49. The second-order valence-electron chi connectivity index (χ2n) is 5.49. The van der Waals surface area contributed by atoms with E-state index >= 15 is 0 Å². The molecule has 0 bridgehead atoms. The minimum atomic E-state index is 0.179. The van der Waals surface area contributed by atoms with Crippen molar-refractivity contribution >= 4 is 0 Å². The number of nitrogens with one attached hydrogen (secondary N) is 1. The zero-order valence-corrected chi connectivity index (χ0v) is 12.5. The summed E-state index contributed by atoms with van der Waals surface area (Å²) in [5.74, 6) is 0.956. The molecular weight excluding hydrogens is 234 g/mol. The quantitative estimate of drug-likeness (QED) is 0.881. The normalized spacial score (nSPS) is 23.2. The minimum Gasteiger partial charge on any atom is -0.497 e. The Morgan fingerprint density at radius 2 is 2.11 bits per heavy atom. The summed E-state index contributed by atoms with van der Waals surface area (Å²) in [5.41, 5.74) is 4.39. The van der Waals surface area contributed by atoms with Crippen LogP contribution in [0.3, 0.4) is 0 Å². The summed E-state index contributed by atoms with van der Waals surface area (Å²) >= 11 is 0. The van der Waals surface area contributed by atoms with E-state index in [4.69, 9.17) is 4.74 Å². The van der Waals surface area contributed by atoms with Gasteiger partial charge in [0.15, 0.2) is 0 Å². The van der Waals surface area contributed by atoms with Crippen LogP contribution in [0, 0.1) is 0 Å². The van der Waals surface area contributed by atoms with Gasteiger partial charge in [0.25, 0.3) is 0 Å². The molecule has 0 aromatic heterocycles. The van der Waals surface area contributed by atoms with Crippen LogP contribution in [-0.2, 0) is 5.41 Å². The molecule has 0 aliphatic carbocycles. The van der Waals surface area contributed by atoms with Crippen molar-refractivity contribution in [1.82, 2.24) is 5.32 Å². The first-order valence-corrected chi connectivity index (χ1v) is 7.20. The molecule has 0 saturated carbocycles. The Balaban J connectivity index is 2.52. The molecule has 0 saturated heterocycles. The van der Waals surface area contributed by atoms with Crippen LogP contribution in [0.15, 0.2) is 35.5 Å². The molecule has 0 spiro atoms. The highest BCUT2D eigenvalue weighted by molar-refractivity contribution is 5.42. The van der Waals surface area contributed by atoms with Crippen molar-refractivity contribution in [2.45, 2.75) is 45.4 Å². The SMILES string of the molecule is CCCC1(c2cccc(OC)c2)CCNC(C)=C1C. The fourth-order valence-electron chi connectivity index (χ4n) is 3.31. The van der Waals surface area contributed by atoms with E-state index in [1.165, 1.54) is 29.7 Å². The van der Waals surface area contributed by atoms with Crippen LogP contribution >= 0.6 is 0 Å². The smallest absolute Gasteiger partial charge is 0.119 e. The van der Waals surface area contributed by atoms with Gasteiger partial charge in [0.1, 0.15) is 5.75 Å². The molecule has 1 heterocycles. The van der Waals surface area contributed by atoms with E-state index in [1.54, 1.807) is 7.11 Å². The van der Waals surface area contributed by atoms with Gasteiger partial charge in [0.2, 0.25) is 0 Å². The second-order valence-corrected chi connectivity index (χ2v) is 5.49. The van der Waals surface area contributed by atoms with E-state index in [9.17, 15) is 0 Å². The Morgan fingerprint density at radius 3 is 2.79 bits per heavy atom. The van der Waals surface area contributed by atoms with Crippen molar-refractivity contribution in [2.24, 2.45) is 0 Å². The maximum atomic E-state index is 5.40. The summed E-state index contributed by atoms with van der Waals surface area (Å²) in [4.78, 5) is 0. The van der Waals surface area contributed by atoms with Crippen molar-refractivity contribution in [2.75, 3.05) is 13.7 Å². The lowest BCUT2D eigenvalue weighted by Gasteiger charge is -2.40. The first-order valence-electron chi connectivity index (χ1n) is 7.20. The third-order valence-electron chi connectivity index (χ3n) is 4.52. The topological polar surface area (TPSA) is 21.3 Å². The standard InChI is InChI=1S/C17H25NO/c1-5-9-17(10-11-18-14(3)13(17)2)15-7-6-8-16(12-15)19-4/h6-8,12,18H,5,9-11H2,1-4H3. The van der Waals surface area contributed by atoms with Crippen LogP contribution in [0.1, 0.15) is 45.6 Å². The average molecular weight is 259 g/mol. The maximum Gasteiger partial charge on any atom is 0.119 e. The molecule has 19 heavy (non-hydrogen) atoms. The summed E-state index contributed by atoms with van der Waals surface area (Å²) < 4.78 is 5.40. The Labute approximate surface area is 116 Å². The molecule has 1 aromatic rings. The van der Waals surface area contributed by atoms with Gasteiger partial charge in [0, 0.05) is 17.7 Å². The largest absolute Gasteiger partial charge is 0.497 e. The molecule has 1 aromatic carbocycles. The molecule has 0 radical (unpaired) electrons. The lowest BCUT2D eigenvalue weighted by Crippen LogP contribution is -2.38. The monoisotopic (exact) mass is 259 g/mol. The van der Waals surface area contributed by atoms with Gasteiger partial charge in [-0.25, -0.2) is 0 Å². The van der Waals surface area contributed by atoms with Crippen LogP contribution in [0.4, 0.5) is 0 Å². The summed E-state index contributed by atoms with van der Waals surface area (Å²) in [6, 6.07) is 8.59. The van der Waals surface area contributed by atoms with Crippen molar-refractivity contribution < 1.29 is 4.74 Å². The van der Waals surface area contributed by atoms with E-state index in [-0.39, 0.29) is 5.41 Å². The molecular formula is C17H25NO. The predicted molar refractivity (Wildman–Crippen MR) is 80.6 cm³/mol. The van der Waals surface area contributed by atoms with Crippen LogP contribution in [0.25, 0.3) is 0 Å². The fourth-order valence-corrected chi connectivity index (χ4v) is 3.31. The van der Waals surface area contributed by atoms with E-state index in [1.807, 2.05) is 6.07 Å². The summed E-state index contributed by atoms with van der Waals surface area (Å²) in [6.07, 6.45) is 3.56. The fraction of sp³-hybridized carbons (Fsp3) is 0.529. The highest BCUT2D eigenvalue weighted by Crippen LogP contribution is 2.43. The molecule has 1 atom stereocenters. The highest BCUT2D eigenvalue weighted by Gasteiger charge is 2.36. The van der Waals surface area contributed by atoms with Crippen LogP contribution in [-0.4, -0.2) is 13.7 Å². The number of benzene rings is 1. The lowest BCUT2D eigenvalue weighted by atomic mass is 9.67. The van der Waals surface area contributed by atoms with Crippen molar-refractivity contribution in [3.8, 4) is 5.75 Å². The van der Waals surface area contributed by atoms with E-state index < -0.39 is 0 Å². The summed E-state index contributed by atoms with van der Waals surface area (Å²) in [7, 11) is 1.74. The third-order valence-corrected chi connectivity index (χ3v) is 4.52. The van der Waals surface area contributed by atoms with Crippen molar-refractivity contribution in [1.29, 1.82) is 0 Å². The Hall–Kier alpha value is -1.44. The molecule has 1 N–H and O–H groups in total. The Morgan fingerprint density at radius 1 is 1.32 bits per heavy atom. The van der Waals surface area contributed by atoms with Gasteiger partial charge in [-0.1, -0.05) is 25.5 Å². The molecule has 1 aliphatic rings. The van der Waals surface area contributed by atoms with Gasteiger partial charge in [-0.15, -0.1) is 0 Å². The highest BCUT2D eigenvalue weighted by atomic mass is 16.5. The molecule has 1 unspecified atom stereocenters. The number of ether oxygens (including phenoxy) is 1. The summed E-state index contributed by atoms with van der Waals surface area (Å²) in [6.45, 7) is 7.79. The minimum absolute atomic E-state index is 0.179. The molecule has 2 heteroatoms. The van der Waals surface area contributed by atoms with Gasteiger partial charge in [0.05, 0.1) is 7.11 Å². The number of hydrogen-bond donors (Lipinski definition) is 1. The molecule has 0 fully saturated rings. The van der Waals surface area contributed by atoms with Gasteiger partial charge in [-0.05, 0) is 50.0 Å². The van der Waals surface area contributed by atoms with Gasteiger partial charge >= 0.3 is 0 Å². The lowest BCUT2D eigenvalue weighted by molar-refractivity contribution is 0.381. The maximum absolute atomic E-state index is 5.40. The number of methoxy groups -OCH3 is 1. The molecule has 1 aliphatic heterocycles. The molecule has 2 rings (SSSR count). The van der Waals surface area contributed by atoms with E-state index in [0.717, 1.165) is 18.7 Å². The Bertz CT molecular complexity index is 478. The van der Waals surface area contributed by atoms with Gasteiger partial charge in [-0.2, -0.15) is 0 Å². The molecule has 2 nitrogen and oxygen atoms in total. The number of allylic oxidation sites excluding steroid dienone is 2. The van der Waals surface area contributed by atoms with Gasteiger partial charge < -0.3 is 10.1 Å². The van der Waals surface area contributed by atoms with E-state index in [2.05, 4.69) is 44.3 Å². The van der Waals surface area contributed by atoms with E-state index in [0.29, 0.717) is 0 Å². The predicted octanol–water partition coefficient (Wildman–Crippen LogP) is 4.02. The zero-order chi connectivity index (χ0) is 13.9. The van der Waals surface area contributed by atoms with Crippen molar-refractivity contribution in [3.63, 3.8) is 0 Å². The number of rotatable bonds is 4. The first-order chi connectivity index (χ1) is 9.14. The van der Waals surface area contributed by atoms with Crippen LogP contribution < -0.4 is 10.1 Å². The Kier molecular flexibility index (Phi) is 4.18. The van der Waals surface area contributed by atoms with Gasteiger partial charge in [-0.3, -0.25) is 0 Å². The average Bonchev–Trinajstić information content (AvgIpc) is 2.44. The second kappa shape index (κ2) is 5.68. The van der Waals surface area contributed by atoms with Crippen LogP contribution in [0.5, 0.6) is 5.75 Å².